The van der Waals surface area contributed by atoms with Crippen molar-refractivity contribution in [3.05, 3.63) is 66.1 Å². The van der Waals surface area contributed by atoms with Crippen LogP contribution in [-0.2, 0) is 6.54 Å². The van der Waals surface area contributed by atoms with Crippen molar-refractivity contribution in [2.75, 3.05) is 13.7 Å². The maximum absolute atomic E-state index is 12.7. The van der Waals surface area contributed by atoms with Crippen LogP contribution >= 0.6 is 0 Å². The minimum absolute atomic E-state index is 0.0929. The Morgan fingerprint density at radius 1 is 1.12 bits per heavy atom. The summed E-state index contributed by atoms with van der Waals surface area (Å²) >= 11 is 0. The van der Waals surface area contributed by atoms with Gasteiger partial charge < -0.3 is 14.2 Å². The third-order valence-corrected chi connectivity index (χ3v) is 3.83. The number of methoxy groups -OCH3 is 1. The molecule has 0 aliphatic carbocycles. The van der Waals surface area contributed by atoms with Gasteiger partial charge in [-0.15, -0.1) is 0 Å². The summed E-state index contributed by atoms with van der Waals surface area (Å²) in [5.74, 6) is 1.54. The van der Waals surface area contributed by atoms with Crippen LogP contribution in [0.4, 0.5) is 0 Å². The number of benzene rings is 2. The molecule has 0 spiro atoms. The predicted molar refractivity (Wildman–Crippen MR) is 93.1 cm³/mol. The SMILES string of the molecule is CCN(Cc1nc(-c2ccccc2)no1)C(=O)c1ccc(OC)cc1. The van der Waals surface area contributed by atoms with Gasteiger partial charge in [-0.1, -0.05) is 35.5 Å². The van der Waals surface area contributed by atoms with E-state index in [0.29, 0.717) is 29.6 Å². The van der Waals surface area contributed by atoms with Gasteiger partial charge >= 0.3 is 0 Å². The van der Waals surface area contributed by atoms with Crippen molar-refractivity contribution < 1.29 is 14.1 Å². The first-order valence-electron chi connectivity index (χ1n) is 8.02. The molecule has 0 atom stereocenters. The van der Waals surface area contributed by atoms with E-state index in [1.807, 2.05) is 37.3 Å². The van der Waals surface area contributed by atoms with Gasteiger partial charge in [-0.25, -0.2) is 0 Å². The van der Waals surface area contributed by atoms with E-state index in [-0.39, 0.29) is 12.5 Å². The van der Waals surface area contributed by atoms with E-state index in [1.54, 1.807) is 36.3 Å². The predicted octanol–water partition coefficient (Wildman–Crippen LogP) is 3.41. The second-order valence-electron chi connectivity index (χ2n) is 5.43. The average molecular weight is 337 g/mol. The van der Waals surface area contributed by atoms with Crippen molar-refractivity contribution in [3.8, 4) is 17.1 Å². The van der Waals surface area contributed by atoms with Gasteiger partial charge in [0.05, 0.1) is 7.11 Å². The molecule has 0 aliphatic rings. The fourth-order valence-electron chi connectivity index (χ4n) is 2.43. The quantitative estimate of drug-likeness (QED) is 0.689. The lowest BCUT2D eigenvalue weighted by molar-refractivity contribution is 0.0734. The summed E-state index contributed by atoms with van der Waals surface area (Å²) in [5.41, 5.74) is 1.47. The number of rotatable bonds is 6. The maximum atomic E-state index is 12.7. The van der Waals surface area contributed by atoms with Gasteiger partial charge in [0.1, 0.15) is 12.3 Å². The number of amides is 1. The topological polar surface area (TPSA) is 68.5 Å². The molecule has 0 fully saturated rings. The Balaban J connectivity index is 1.73. The van der Waals surface area contributed by atoms with Crippen LogP contribution in [0.3, 0.4) is 0 Å². The standard InChI is InChI=1S/C19H19N3O3/c1-3-22(19(23)15-9-11-16(24-2)12-10-15)13-17-20-18(21-25-17)14-7-5-4-6-8-14/h4-12H,3,13H2,1-2H3. The minimum atomic E-state index is -0.0929. The van der Waals surface area contributed by atoms with Crippen LogP contribution in [0, 0.1) is 0 Å². The summed E-state index contributed by atoms with van der Waals surface area (Å²) < 4.78 is 10.4. The molecule has 0 radical (unpaired) electrons. The van der Waals surface area contributed by atoms with Gasteiger partial charge in [0, 0.05) is 17.7 Å². The molecule has 6 heteroatoms. The van der Waals surface area contributed by atoms with Crippen molar-refractivity contribution in [2.45, 2.75) is 13.5 Å². The fourth-order valence-corrected chi connectivity index (χ4v) is 2.43. The summed E-state index contributed by atoms with van der Waals surface area (Å²) in [6, 6.07) is 16.6. The number of aromatic nitrogens is 2. The lowest BCUT2D eigenvalue weighted by atomic mass is 10.2. The molecule has 1 aromatic heterocycles. The highest BCUT2D eigenvalue weighted by molar-refractivity contribution is 5.94. The highest BCUT2D eigenvalue weighted by Crippen LogP contribution is 2.17. The third kappa shape index (κ3) is 3.85. The average Bonchev–Trinajstić information content (AvgIpc) is 3.15. The van der Waals surface area contributed by atoms with Gasteiger partial charge in [0.25, 0.3) is 5.91 Å². The Kier molecular flexibility index (Phi) is 5.09. The molecule has 25 heavy (non-hydrogen) atoms. The zero-order valence-corrected chi connectivity index (χ0v) is 14.2. The molecular weight excluding hydrogens is 318 g/mol. The van der Waals surface area contributed by atoms with Crippen molar-refractivity contribution in [2.24, 2.45) is 0 Å². The molecule has 0 saturated heterocycles. The summed E-state index contributed by atoms with van der Waals surface area (Å²) in [6.07, 6.45) is 0. The molecule has 1 amide bonds. The third-order valence-electron chi connectivity index (χ3n) is 3.83. The summed E-state index contributed by atoms with van der Waals surface area (Å²) in [5, 5.41) is 3.99. The lowest BCUT2D eigenvalue weighted by Crippen LogP contribution is -2.30. The number of carbonyl (C=O) groups excluding carboxylic acids is 1. The van der Waals surface area contributed by atoms with Gasteiger partial charge in [0.15, 0.2) is 0 Å². The molecule has 128 valence electrons. The van der Waals surface area contributed by atoms with E-state index >= 15 is 0 Å². The maximum Gasteiger partial charge on any atom is 0.254 e. The molecule has 0 aliphatic heterocycles. The van der Waals surface area contributed by atoms with Crippen LogP contribution in [0.15, 0.2) is 59.1 Å². The van der Waals surface area contributed by atoms with Gasteiger partial charge in [0.2, 0.25) is 11.7 Å². The Labute approximate surface area is 146 Å². The molecule has 3 rings (SSSR count). The number of hydrogen-bond acceptors (Lipinski definition) is 5. The van der Waals surface area contributed by atoms with E-state index in [1.165, 1.54) is 0 Å². The molecule has 2 aromatic carbocycles. The largest absolute Gasteiger partial charge is 0.497 e. The van der Waals surface area contributed by atoms with Crippen LogP contribution in [-0.4, -0.2) is 34.6 Å². The molecule has 6 nitrogen and oxygen atoms in total. The highest BCUT2D eigenvalue weighted by atomic mass is 16.5. The van der Waals surface area contributed by atoms with E-state index < -0.39 is 0 Å². The smallest absolute Gasteiger partial charge is 0.254 e. The molecule has 0 bridgehead atoms. The van der Waals surface area contributed by atoms with Crippen LogP contribution < -0.4 is 4.74 Å². The van der Waals surface area contributed by atoms with Crippen molar-refractivity contribution in [1.82, 2.24) is 15.0 Å². The number of nitrogens with zero attached hydrogens (tertiary/aromatic N) is 3. The second-order valence-corrected chi connectivity index (χ2v) is 5.43. The van der Waals surface area contributed by atoms with Gasteiger partial charge in [-0.05, 0) is 31.2 Å². The van der Waals surface area contributed by atoms with Crippen molar-refractivity contribution in [3.63, 3.8) is 0 Å². The van der Waals surface area contributed by atoms with Gasteiger partial charge in [-0.3, -0.25) is 4.79 Å². The van der Waals surface area contributed by atoms with Crippen LogP contribution in [0.25, 0.3) is 11.4 Å². The van der Waals surface area contributed by atoms with Crippen molar-refractivity contribution >= 4 is 5.91 Å². The minimum Gasteiger partial charge on any atom is -0.497 e. The van der Waals surface area contributed by atoms with Crippen LogP contribution in [0.2, 0.25) is 0 Å². The lowest BCUT2D eigenvalue weighted by Gasteiger charge is -2.18. The fraction of sp³-hybridized carbons (Fsp3) is 0.211. The molecule has 1 heterocycles. The second kappa shape index (κ2) is 7.61. The normalized spacial score (nSPS) is 10.5. The molecule has 0 saturated carbocycles. The highest BCUT2D eigenvalue weighted by Gasteiger charge is 2.18. The Morgan fingerprint density at radius 2 is 1.84 bits per heavy atom. The van der Waals surface area contributed by atoms with E-state index in [2.05, 4.69) is 10.1 Å². The number of hydrogen-bond donors (Lipinski definition) is 0. The number of ether oxygens (including phenoxy) is 1. The molecule has 0 unspecified atom stereocenters. The number of carbonyl (C=O) groups is 1. The monoisotopic (exact) mass is 337 g/mol. The molecule has 3 aromatic rings. The molecule has 0 N–H and O–H groups in total. The summed E-state index contributed by atoms with van der Waals surface area (Å²) in [4.78, 5) is 18.7. The van der Waals surface area contributed by atoms with Crippen LogP contribution in [0.1, 0.15) is 23.2 Å². The first-order chi connectivity index (χ1) is 12.2. The summed E-state index contributed by atoms with van der Waals surface area (Å²) in [7, 11) is 1.59. The van der Waals surface area contributed by atoms with E-state index in [0.717, 1.165) is 5.56 Å². The Hall–Kier alpha value is -3.15. The first-order valence-corrected chi connectivity index (χ1v) is 8.02. The Morgan fingerprint density at radius 3 is 2.48 bits per heavy atom. The zero-order valence-electron chi connectivity index (χ0n) is 14.2. The van der Waals surface area contributed by atoms with Crippen LogP contribution in [0.5, 0.6) is 5.75 Å². The van der Waals surface area contributed by atoms with Crippen molar-refractivity contribution in [1.29, 1.82) is 0 Å². The zero-order chi connectivity index (χ0) is 17.6. The van der Waals surface area contributed by atoms with E-state index in [9.17, 15) is 4.79 Å². The van der Waals surface area contributed by atoms with Gasteiger partial charge in [-0.2, -0.15) is 4.98 Å². The Bertz CT molecular complexity index is 829. The van der Waals surface area contributed by atoms with E-state index in [4.69, 9.17) is 9.26 Å². The first kappa shape index (κ1) is 16.7. The summed E-state index contributed by atoms with van der Waals surface area (Å²) in [6.45, 7) is 2.71. The molecular formula is C19H19N3O3.